The summed E-state index contributed by atoms with van der Waals surface area (Å²) in [6.07, 6.45) is 2.52. The second kappa shape index (κ2) is 9.17. The lowest BCUT2D eigenvalue weighted by Gasteiger charge is -2.23. The number of aliphatic imine (C=N–C) groups is 1. The standard InChI is InChI=1S/C24H26FN5O/c1-27-24(28-15-18-9-8-17(14-26)13-21(18)25)30-16-19(20-5-2-3-6-22(20)30)10-12-29-11-4-7-23(29)31/h2-3,5-6,8-9,13,19H,4,7,10-12,15-16H2,1H3,(H,27,28). The van der Waals surface area contributed by atoms with Gasteiger partial charge in [0.15, 0.2) is 5.96 Å². The molecule has 0 spiro atoms. The van der Waals surface area contributed by atoms with Gasteiger partial charge in [-0.15, -0.1) is 0 Å². The molecule has 2 aliphatic heterocycles. The molecule has 2 heterocycles. The van der Waals surface area contributed by atoms with E-state index in [4.69, 9.17) is 5.26 Å². The van der Waals surface area contributed by atoms with E-state index in [1.165, 1.54) is 11.6 Å². The molecule has 31 heavy (non-hydrogen) atoms. The van der Waals surface area contributed by atoms with E-state index >= 15 is 0 Å². The first kappa shape index (κ1) is 20.9. The zero-order valence-electron chi connectivity index (χ0n) is 17.6. The summed E-state index contributed by atoms with van der Waals surface area (Å²) in [4.78, 5) is 20.5. The van der Waals surface area contributed by atoms with Crippen molar-refractivity contribution in [3.63, 3.8) is 0 Å². The number of carbonyl (C=O) groups excluding carboxylic acids is 1. The van der Waals surface area contributed by atoms with E-state index < -0.39 is 5.82 Å². The van der Waals surface area contributed by atoms with Gasteiger partial charge in [0.25, 0.3) is 0 Å². The molecule has 2 aromatic carbocycles. The summed E-state index contributed by atoms with van der Waals surface area (Å²) in [5.41, 5.74) is 3.13. The molecule has 6 nitrogen and oxygen atoms in total. The van der Waals surface area contributed by atoms with E-state index in [2.05, 4.69) is 27.3 Å². The van der Waals surface area contributed by atoms with Crippen molar-refractivity contribution in [3.05, 3.63) is 65.0 Å². The lowest BCUT2D eigenvalue weighted by Crippen LogP contribution is -2.41. The minimum absolute atomic E-state index is 0.255. The second-order valence-electron chi connectivity index (χ2n) is 7.96. The van der Waals surface area contributed by atoms with Crippen LogP contribution in [0.25, 0.3) is 0 Å². The first-order valence-corrected chi connectivity index (χ1v) is 10.6. The molecule has 1 unspecified atom stereocenters. The topological polar surface area (TPSA) is 71.7 Å². The maximum Gasteiger partial charge on any atom is 0.222 e. The van der Waals surface area contributed by atoms with Crippen LogP contribution in [0.2, 0.25) is 0 Å². The number of likely N-dealkylation sites (tertiary alicyclic amines) is 1. The van der Waals surface area contributed by atoms with Crippen LogP contribution in [-0.4, -0.2) is 43.4 Å². The third kappa shape index (κ3) is 4.38. The van der Waals surface area contributed by atoms with Gasteiger partial charge < -0.3 is 15.1 Å². The van der Waals surface area contributed by atoms with Crippen LogP contribution in [0.3, 0.4) is 0 Å². The van der Waals surface area contributed by atoms with Crippen LogP contribution in [0.15, 0.2) is 47.5 Å². The molecule has 2 aromatic rings. The van der Waals surface area contributed by atoms with E-state index in [0.29, 0.717) is 29.4 Å². The molecular formula is C24H26FN5O. The average Bonchev–Trinajstić information content (AvgIpc) is 3.37. The number of nitriles is 1. The number of fused-ring (bicyclic) bond motifs is 1. The Labute approximate surface area is 182 Å². The number of hydrogen-bond donors (Lipinski definition) is 1. The highest BCUT2D eigenvalue weighted by molar-refractivity contribution is 5.98. The Morgan fingerprint density at radius 1 is 1.32 bits per heavy atom. The first-order chi connectivity index (χ1) is 15.1. The minimum Gasteiger partial charge on any atom is -0.352 e. The smallest absolute Gasteiger partial charge is 0.222 e. The summed E-state index contributed by atoms with van der Waals surface area (Å²) >= 11 is 0. The van der Waals surface area contributed by atoms with Gasteiger partial charge in [0, 0.05) is 56.8 Å². The van der Waals surface area contributed by atoms with Crippen molar-refractivity contribution in [2.75, 3.05) is 31.6 Å². The highest BCUT2D eigenvalue weighted by Crippen LogP contribution is 2.38. The quantitative estimate of drug-likeness (QED) is 0.596. The predicted molar refractivity (Wildman–Crippen MR) is 118 cm³/mol. The number of anilines is 1. The molecule has 1 N–H and O–H groups in total. The van der Waals surface area contributed by atoms with Crippen molar-refractivity contribution >= 4 is 17.6 Å². The zero-order valence-corrected chi connectivity index (χ0v) is 17.6. The van der Waals surface area contributed by atoms with Gasteiger partial charge in [0.1, 0.15) is 5.82 Å². The lowest BCUT2D eigenvalue weighted by molar-refractivity contribution is -0.127. The molecule has 4 rings (SSSR count). The number of para-hydroxylation sites is 1. The number of halogens is 1. The fourth-order valence-corrected chi connectivity index (χ4v) is 4.42. The molecule has 1 atom stereocenters. The largest absolute Gasteiger partial charge is 0.352 e. The van der Waals surface area contributed by atoms with Gasteiger partial charge >= 0.3 is 0 Å². The van der Waals surface area contributed by atoms with E-state index in [1.54, 1.807) is 19.2 Å². The van der Waals surface area contributed by atoms with Gasteiger partial charge in [-0.1, -0.05) is 24.3 Å². The number of carbonyl (C=O) groups is 1. The van der Waals surface area contributed by atoms with Crippen molar-refractivity contribution < 1.29 is 9.18 Å². The first-order valence-electron chi connectivity index (χ1n) is 10.6. The molecule has 0 bridgehead atoms. The zero-order chi connectivity index (χ0) is 21.8. The Morgan fingerprint density at radius 3 is 2.87 bits per heavy atom. The summed E-state index contributed by atoms with van der Waals surface area (Å²) in [7, 11) is 1.72. The molecule has 1 saturated heterocycles. The van der Waals surface area contributed by atoms with Crippen LogP contribution >= 0.6 is 0 Å². The maximum atomic E-state index is 14.3. The molecular weight excluding hydrogens is 393 g/mol. The number of nitrogens with zero attached hydrogens (tertiary/aromatic N) is 4. The van der Waals surface area contributed by atoms with Crippen LogP contribution in [0.5, 0.6) is 0 Å². The van der Waals surface area contributed by atoms with Gasteiger partial charge in [0.05, 0.1) is 11.6 Å². The fraction of sp³-hybridized carbons (Fsp3) is 0.375. The van der Waals surface area contributed by atoms with Gasteiger partial charge in [-0.25, -0.2) is 4.39 Å². The molecule has 0 radical (unpaired) electrons. The summed E-state index contributed by atoms with van der Waals surface area (Å²) in [5, 5.41) is 12.2. The van der Waals surface area contributed by atoms with Gasteiger partial charge in [-0.3, -0.25) is 9.79 Å². The highest BCUT2D eigenvalue weighted by atomic mass is 19.1. The summed E-state index contributed by atoms with van der Waals surface area (Å²) in [6.45, 7) is 2.66. The molecule has 0 aromatic heterocycles. The van der Waals surface area contributed by atoms with E-state index in [1.807, 2.05) is 23.1 Å². The number of hydrogen-bond acceptors (Lipinski definition) is 3. The van der Waals surface area contributed by atoms with Crippen LogP contribution in [0.1, 0.15) is 41.9 Å². The van der Waals surface area contributed by atoms with Crippen LogP contribution in [0, 0.1) is 17.1 Å². The molecule has 160 valence electrons. The van der Waals surface area contributed by atoms with E-state index in [9.17, 15) is 9.18 Å². The monoisotopic (exact) mass is 419 g/mol. The predicted octanol–water partition coefficient (Wildman–Crippen LogP) is 3.39. The van der Waals surface area contributed by atoms with Crippen LogP contribution in [-0.2, 0) is 11.3 Å². The maximum absolute atomic E-state index is 14.3. The van der Waals surface area contributed by atoms with Crippen LogP contribution < -0.4 is 10.2 Å². The third-order valence-corrected chi connectivity index (χ3v) is 6.08. The van der Waals surface area contributed by atoms with Crippen molar-refractivity contribution in [2.24, 2.45) is 4.99 Å². The number of guanidine groups is 1. The molecule has 1 amide bonds. The van der Waals surface area contributed by atoms with Crippen molar-refractivity contribution in [2.45, 2.75) is 31.7 Å². The second-order valence-corrected chi connectivity index (χ2v) is 7.96. The Morgan fingerprint density at radius 2 is 2.16 bits per heavy atom. The average molecular weight is 420 g/mol. The number of rotatable bonds is 5. The Kier molecular flexibility index (Phi) is 6.17. The normalized spacial score (nSPS) is 18.3. The number of amides is 1. The van der Waals surface area contributed by atoms with Crippen LogP contribution in [0.4, 0.5) is 10.1 Å². The molecule has 2 aliphatic rings. The number of benzene rings is 2. The third-order valence-electron chi connectivity index (χ3n) is 6.08. The molecule has 0 aliphatic carbocycles. The fourth-order valence-electron chi connectivity index (χ4n) is 4.42. The van der Waals surface area contributed by atoms with Gasteiger partial charge in [0.2, 0.25) is 5.91 Å². The number of nitrogens with one attached hydrogen (secondary N) is 1. The minimum atomic E-state index is -0.406. The van der Waals surface area contributed by atoms with Gasteiger partial charge in [-0.2, -0.15) is 5.26 Å². The summed E-state index contributed by atoms with van der Waals surface area (Å²) in [5.74, 6) is 0.827. The Hall–Kier alpha value is -3.40. The Bertz CT molecular complexity index is 1040. The van der Waals surface area contributed by atoms with Gasteiger partial charge in [-0.05, 0) is 36.6 Å². The lowest BCUT2D eigenvalue weighted by atomic mass is 9.98. The van der Waals surface area contributed by atoms with Crippen molar-refractivity contribution in [1.29, 1.82) is 5.26 Å². The molecule has 0 saturated carbocycles. The van der Waals surface area contributed by atoms with E-state index in [-0.39, 0.29) is 12.5 Å². The van der Waals surface area contributed by atoms with Crippen molar-refractivity contribution in [3.8, 4) is 6.07 Å². The summed E-state index contributed by atoms with van der Waals surface area (Å²) in [6, 6.07) is 14.7. The summed E-state index contributed by atoms with van der Waals surface area (Å²) < 4.78 is 14.3. The SMILES string of the molecule is CN=C(NCc1ccc(C#N)cc1F)N1CC(CCN2CCCC2=O)c2ccccc21. The Balaban J connectivity index is 1.46. The van der Waals surface area contributed by atoms with E-state index in [0.717, 1.165) is 38.2 Å². The molecule has 1 fully saturated rings. The van der Waals surface area contributed by atoms with Crippen molar-refractivity contribution in [1.82, 2.24) is 10.2 Å². The molecule has 7 heteroatoms. The highest BCUT2D eigenvalue weighted by Gasteiger charge is 2.32.